The van der Waals surface area contributed by atoms with Gasteiger partial charge < -0.3 is 9.72 Å². The number of rotatable bonds is 3. The maximum Gasteiger partial charge on any atom is 0.228 e. The number of nitrogens with one attached hydrogen (secondary N) is 1. The van der Waals surface area contributed by atoms with Crippen LogP contribution in [0.3, 0.4) is 0 Å². The van der Waals surface area contributed by atoms with E-state index in [4.69, 9.17) is 4.74 Å². The number of hydrogen-bond acceptors (Lipinski definition) is 3. The number of benzene rings is 2. The van der Waals surface area contributed by atoms with Crippen molar-refractivity contribution >= 4 is 22.7 Å². The quantitative estimate of drug-likeness (QED) is 0.734. The van der Waals surface area contributed by atoms with Crippen LogP contribution in [0.2, 0.25) is 0 Å². The molecule has 3 rings (SSSR count). The standard InChI is InChI=1S/C16H15N3O/c1-11(12-6-5-7-13(10-12)20-2)17-16-18-14-8-3-4-9-15(14)19-16/h3-10H,1-2H3,(H,18,19)/b17-11+. The topological polar surface area (TPSA) is 50.3 Å². The summed E-state index contributed by atoms with van der Waals surface area (Å²) in [6.07, 6.45) is 0. The predicted molar refractivity (Wildman–Crippen MR) is 81.0 cm³/mol. The van der Waals surface area contributed by atoms with Crippen molar-refractivity contribution < 1.29 is 4.74 Å². The Labute approximate surface area is 117 Å². The van der Waals surface area contributed by atoms with Crippen molar-refractivity contribution in [3.05, 3.63) is 54.1 Å². The minimum Gasteiger partial charge on any atom is -0.497 e. The second kappa shape index (κ2) is 5.17. The van der Waals surface area contributed by atoms with Gasteiger partial charge in [-0.2, -0.15) is 0 Å². The van der Waals surface area contributed by atoms with Gasteiger partial charge in [0.25, 0.3) is 0 Å². The van der Waals surface area contributed by atoms with Crippen molar-refractivity contribution in [1.29, 1.82) is 0 Å². The van der Waals surface area contributed by atoms with Crippen LogP contribution in [0.5, 0.6) is 5.75 Å². The van der Waals surface area contributed by atoms with Crippen molar-refractivity contribution in [1.82, 2.24) is 9.97 Å². The lowest BCUT2D eigenvalue weighted by Gasteiger charge is -2.03. The zero-order valence-corrected chi connectivity index (χ0v) is 11.4. The van der Waals surface area contributed by atoms with Crippen LogP contribution in [0.25, 0.3) is 11.0 Å². The third-order valence-corrected chi connectivity index (χ3v) is 3.14. The molecule has 0 fully saturated rings. The lowest BCUT2D eigenvalue weighted by molar-refractivity contribution is 0.414. The average molecular weight is 265 g/mol. The van der Waals surface area contributed by atoms with Gasteiger partial charge in [-0.15, -0.1) is 0 Å². The van der Waals surface area contributed by atoms with E-state index in [-0.39, 0.29) is 0 Å². The number of methoxy groups -OCH3 is 1. The Hall–Kier alpha value is -2.62. The molecule has 100 valence electrons. The molecule has 3 aromatic rings. The Morgan fingerprint density at radius 2 is 2.00 bits per heavy atom. The van der Waals surface area contributed by atoms with Gasteiger partial charge in [-0.3, -0.25) is 0 Å². The number of aliphatic imine (C=N–C) groups is 1. The largest absolute Gasteiger partial charge is 0.497 e. The number of fused-ring (bicyclic) bond motifs is 1. The molecule has 0 spiro atoms. The number of para-hydroxylation sites is 2. The summed E-state index contributed by atoms with van der Waals surface area (Å²) in [5.74, 6) is 1.44. The molecule has 0 aliphatic carbocycles. The first kappa shape index (κ1) is 12.4. The highest BCUT2D eigenvalue weighted by Gasteiger charge is 2.03. The van der Waals surface area contributed by atoms with Crippen molar-refractivity contribution in [2.45, 2.75) is 6.92 Å². The summed E-state index contributed by atoms with van der Waals surface area (Å²) in [6, 6.07) is 15.7. The van der Waals surface area contributed by atoms with Crippen molar-refractivity contribution in [2.75, 3.05) is 7.11 Å². The lowest BCUT2D eigenvalue weighted by Crippen LogP contribution is -1.95. The van der Waals surface area contributed by atoms with Gasteiger partial charge in [-0.1, -0.05) is 24.3 Å². The number of aromatic amines is 1. The average Bonchev–Trinajstić information content (AvgIpc) is 2.89. The van der Waals surface area contributed by atoms with E-state index in [1.807, 2.05) is 55.5 Å². The maximum absolute atomic E-state index is 5.22. The molecule has 4 heteroatoms. The van der Waals surface area contributed by atoms with E-state index < -0.39 is 0 Å². The van der Waals surface area contributed by atoms with Crippen LogP contribution in [0.15, 0.2) is 53.5 Å². The number of ether oxygens (including phenoxy) is 1. The molecule has 0 bridgehead atoms. The van der Waals surface area contributed by atoms with Crippen LogP contribution >= 0.6 is 0 Å². The first-order valence-corrected chi connectivity index (χ1v) is 6.41. The Morgan fingerprint density at radius 3 is 2.80 bits per heavy atom. The number of hydrogen-bond donors (Lipinski definition) is 1. The monoisotopic (exact) mass is 265 g/mol. The zero-order valence-electron chi connectivity index (χ0n) is 11.4. The van der Waals surface area contributed by atoms with E-state index in [9.17, 15) is 0 Å². The number of nitrogens with zero attached hydrogens (tertiary/aromatic N) is 2. The number of imidazole rings is 1. The van der Waals surface area contributed by atoms with Crippen LogP contribution in [-0.2, 0) is 0 Å². The van der Waals surface area contributed by atoms with Gasteiger partial charge in [0.05, 0.1) is 18.1 Å². The molecular formula is C16H15N3O. The van der Waals surface area contributed by atoms with E-state index in [0.717, 1.165) is 28.1 Å². The molecule has 1 N–H and O–H groups in total. The molecule has 0 saturated heterocycles. The second-order valence-electron chi connectivity index (χ2n) is 4.51. The predicted octanol–water partition coefficient (Wildman–Crippen LogP) is 3.71. The minimum absolute atomic E-state index is 0.617. The van der Waals surface area contributed by atoms with Crippen LogP contribution in [0, 0.1) is 0 Å². The van der Waals surface area contributed by atoms with Gasteiger partial charge in [-0.25, -0.2) is 9.98 Å². The third-order valence-electron chi connectivity index (χ3n) is 3.14. The van der Waals surface area contributed by atoms with E-state index in [1.165, 1.54) is 0 Å². The smallest absolute Gasteiger partial charge is 0.228 e. The van der Waals surface area contributed by atoms with E-state index in [2.05, 4.69) is 15.0 Å². The molecule has 20 heavy (non-hydrogen) atoms. The molecule has 1 heterocycles. The summed E-state index contributed by atoms with van der Waals surface area (Å²) in [4.78, 5) is 12.2. The minimum atomic E-state index is 0.617. The van der Waals surface area contributed by atoms with Crippen LogP contribution in [0.4, 0.5) is 5.95 Å². The Balaban J connectivity index is 1.97. The first-order chi connectivity index (χ1) is 9.76. The summed E-state index contributed by atoms with van der Waals surface area (Å²) >= 11 is 0. The summed E-state index contributed by atoms with van der Waals surface area (Å²) in [7, 11) is 1.66. The second-order valence-corrected chi connectivity index (χ2v) is 4.51. The third kappa shape index (κ3) is 2.40. The maximum atomic E-state index is 5.22. The van der Waals surface area contributed by atoms with E-state index >= 15 is 0 Å². The summed E-state index contributed by atoms with van der Waals surface area (Å²) in [5, 5.41) is 0. The van der Waals surface area contributed by atoms with E-state index in [1.54, 1.807) is 7.11 Å². The normalized spacial score (nSPS) is 11.8. The zero-order chi connectivity index (χ0) is 13.9. The molecule has 0 aliphatic rings. The molecule has 4 nitrogen and oxygen atoms in total. The van der Waals surface area contributed by atoms with Gasteiger partial charge in [0.15, 0.2) is 0 Å². The van der Waals surface area contributed by atoms with Crippen LogP contribution in [-0.4, -0.2) is 22.8 Å². The molecule has 1 aromatic heterocycles. The first-order valence-electron chi connectivity index (χ1n) is 6.41. The van der Waals surface area contributed by atoms with Crippen molar-refractivity contribution in [2.24, 2.45) is 4.99 Å². The van der Waals surface area contributed by atoms with Gasteiger partial charge in [0, 0.05) is 5.71 Å². The highest BCUT2D eigenvalue weighted by atomic mass is 16.5. The molecule has 0 amide bonds. The molecule has 0 radical (unpaired) electrons. The molecule has 0 aliphatic heterocycles. The Morgan fingerprint density at radius 1 is 1.15 bits per heavy atom. The molecular weight excluding hydrogens is 250 g/mol. The van der Waals surface area contributed by atoms with Crippen LogP contribution < -0.4 is 4.74 Å². The van der Waals surface area contributed by atoms with Crippen molar-refractivity contribution in [3.8, 4) is 5.75 Å². The van der Waals surface area contributed by atoms with Gasteiger partial charge >= 0.3 is 0 Å². The molecule has 0 atom stereocenters. The number of aromatic nitrogens is 2. The van der Waals surface area contributed by atoms with Crippen molar-refractivity contribution in [3.63, 3.8) is 0 Å². The molecule has 0 unspecified atom stereocenters. The van der Waals surface area contributed by atoms with Crippen LogP contribution in [0.1, 0.15) is 12.5 Å². The molecule has 2 aromatic carbocycles. The summed E-state index contributed by atoms with van der Waals surface area (Å²) in [6.45, 7) is 1.96. The van der Waals surface area contributed by atoms with E-state index in [0.29, 0.717) is 5.95 Å². The number of H-pyrrole nitrogens is 1. The van der Waals surface area contributed by atoms with Gasteiger partial charge in [0.2, 0.25) is 5.95 Å². The van der Waals surface area contributed by atoms with Gasteiger partial charge in [-0.05, 0) is 36.8 Å². The van der Waals surface area contributed by atoms with Gasteiger partial charge in [0.1, 0.15) is 5.75 Å². The molecule has 0 saturated carbocycles. The highest BCUT2D eigenvalue weighted by Crippen LogP contribution is 2.18. The Bertz CT molecular complexity index is 741. The fourth-order valence-electron chi connectivity index (χ4n) is 2.06. The SMILES string of the molecule is COc1cccc(/C(C)=N/c2nc3ccccc3[nH]2)c1. The Kier molecular flexibility index (Phi) is 3.21. The summed E-state index contributed by atoms with van der Waals surface area (Å²) < 4.78 is 5.22. The summed E-state index contributed by atoms with van der Waals surface area (Å²) in [5.41, 5.74) is 3.82. The highest BCUT2D eigenvalue weighted by molar-refractivity contribution is 6.00. The lowest BCUT2D eigenvalue weighted by atomic mass is 10.1. The fourth-order valence-corrected chi connectivity index (χ4v) is 2.06. The fraction of sp³-hybridized carbons (Fsp3) is 0.125.